The van der Waals surface area contributed by atoms with E-state index in [0.717, 1.165) is 65.2 Å². The van der Waals surface area contributed by atoms with Crippen LogP contribution in [-0.4, -0.2) is 171 Å². The molecule has 4 N–H and O–H groups in total. The summed E-state index contributed by atoms with van der Waals surface area (Å²) in [5.41, 5.74) is 0. The first-order valence-electron chi connectivity index (χ1n) is 28.4. The molecular formula is C56H114N4O6. The number of aliphatic hydroxyl groups is 4. The molecule has 0 unspecified atom stereocenters. The van der Waals surface area contributed by atoms with Gasteiger partial charge in [-0.1, -0.05) is 154 Å². The monoisotopic (exact) mass is 939 g/mol. The van der Waals surface area contributed by atoms with Crippen LogP contribution >= 0.6 is 0 Å². The number of nitrogens with zero attached hydrogens (tertiary/aromatic N) is 4. The number of hydrogen-bond donors (Lipinski definition) is 4. The molecule has 0 rings (SSSR count). The van der Waals surface area contributed by atoms with Gasteiger partial charge in [0.15, 0.2) is 0 Å². The molecule has 0 aromatic rings. The summed E-state index contributed by atoms with van der Waals surface area (Å²) in [4.78, 5) is 9.39. The fraction of sp³-hybridized carbons (Fsp3) is 0.929. The molecule has 10 nitrogen and oxygen atoms in total. The summed E-state index contributed by atoms with van der Waals surface area (Å²) in [6.45, 7) is 17.9. The smallest absolute Gasteiger partial charge is 0.0701 e. The van der Waals surface area contributed by atoms with Gasteiger partial charge in [0.05, 0.1) is 52.9 Å². The quantitative estimate of drug-likeness (QED) is 0.0347. The first kappa shape index (κ1) is 65.1. The van der Waals surface area contributed by atoms with Crippen molar-refractivity contribution in [2.24, 2.45) is 0 Å². The minimum absolute atomic E-state index is 0.126. The van der Waals surface area contributed by atoms with Crippen molar-refractivity contribution in [3.63, 3.8) is 0 Å². The summed E-state index contributed by atoms with van der Waals surface area (Å²) >= 11 is 0. The van der Waals surface area contributed by atoms with Crippen LogP contribution in [0.15, 0.2) is 24.3 Å². The Morgan fingerprint density at radius 2 is 0.500 bits per heavy atom. The maximum absolute atomic E-state index is 9.45. The molecule has 0 fully saturated rings. The first-order chi connectivity index (χ1) is 32.6. The van der Waals surface area contributed by atoms with Crippen molar-refractivity contribution in [1.29, 1.82) is 0 Å². The zero-order valence-corrected chi connectivity index (χ0v) is 44.1. The SMILES string of the molecule is CCCCCCCC/C=C\CCCCCCCCN(CCCN(CCO)CCO)CCOCCOCCN(CCCCCCCC/C=C\CCCCCCCC)CCCN(CCO)CCO. The van der Waals surface area contributed by atoms with Gasteiger partial charge < -0.3 is 39.7 Å². The van der Waals surface area contributed by atoms with Crippen molar-refractivity contribution in [3.8, 4) is 0 Å². The largest absolute Gasteiger partial charge is 0.395 e. The van der Waals surface area contributed by atoms with Crippen LogP contribution in [-0.2, 0) is 9.47 Å². The second-order valence-electron chi connectivity index (χ2n) is 19.1. The number of unbranched alkanes of at least 4 members (excludes halogenated alkanes) is 24. The molecule has 0 aliphatic carbocycles. The zero-order valence-electron chi connectivity index (χ0n) is 44.1. The number of rotatable bonds is 57. The maximum atomic E-state index is 9.45. The lowest BCUT2D eigenvalue weighted by molar-refractivity contribution is 0.0300. The van der Waals surface area contributed by atoms with E-state index < -0.39 is 0 Å². The minimum atomic E-state index is 0.126. The van der Waals surface area contributed by atoms with Crippen molar-refractivity contribution in [2.75, 3.05) is 131 Å². The summed E-state index contributed by atoms with van der Waals surface area (Å²) in [5.74, 6) is 0. The molecule has 0 bridgehead atoms. The maximum Gasteiger partial charge on any atom is 0.0701 e. The lowest BCUT2D eigenvalue weighted by atomic mass is 10.1. The van der Waals surface area contributed by atoms with E-state index in [-0.39, 0.29) is 26.4 Å². The Kier molecular flexibility index (Phi) is 55.9. The van der Waals surface area contributed by atoms with Crippen LogP contribution in [0.5, 0.6) is 0 Å². The second-order valence-corrected chi connectivity index (χ2v) is 19.1. The molecule has 0 radical (unpaired) electrons. The fourth-order valence-electron chi connectivity index (χ4n) is 8.82. The lowest BCUT2D eigenvalue weighted by Gasteiger charge is -2.25. The van der Waals surface area contributed by atoms with Crippen molar-refractivity contribution in [1.82, 2.24) is 19.6 Å². The second kappa shape index (κ2) is 56.7. The van der Waals surface area contributed by atoms with E-state index >= 15 is 0 Å². The molecule has 0 aliphatic rings. The minimum Gasteiger partial charge on any atom is -0.395 e. The van der Waals surface area contributed by atoms with Gasteiger partial charge in [0.2, 0.25) is 0 Å². The Balaban J connectivity index is 4.51. The molecule has 0 saturated heterocycles. The van der Waals surface area contributed by atoms with Gasteiger partial charge in [-0.25, -0.2) is 0 Å². The van der Waals surface area contributed by atoms with E-state index in [2.05, 4.69) is 57.8 Å². The van der Waals surface area contributed by atoms with Gasteiger partial charge in [0.25, 0.3) is 0 Å². The Labute approximate surface area is 410 Å². The number of ether oxygens (including phenoxy) is 2. The van der Waals surface area contributed by atoms with E-state index in [1.165, 1.54) is 180 Å². The third-order valence-electron chi connectivity index (χ3n) is 13.0. The fourth-order valence-corrected chi connectivity index (χ4v) is 8.82. The molecular weight excluding hydrogens is 825 g/mol. The highest BCUT2D eigenvalue weighted by molar-refractivity contribution is 4.82. The van der Waals surface area contributed by atoms with Gasteiger partial charge >= 0.3 is 0 Å². The van der Waals surface area contributed by atoms with Gasteiger partial charge in [-0.05, 0) is 116 Å². The van der Waals surface area contributed by atoms with E-state index in [9.17, 15) is 20.4 Å². The van der Waals surface area contributed by atoms with Gasteiger partial charge in [0, 0.05) is 39.3 Å². The standard InChI is InChI=1S/C56H114N4O6/c1-3-5-7-9-11-13-15-17-19-21-23-25-27-29-31-33-37-57(39-35-41-59(43-49-61)44-50-62)47-53-65-55-56-66-54-48-58(40-36-42-60(45-51-63)46-52-64)38-34-32-30-28-26-24-22-20-18-16-14-12-10-8-6-4-2/h17-20,61-64H,3-16,21-56H2,1-2H3/b19-17-,20-18-. The highest BCUT2D eigenvalue weighted by Crippen LogP contribution is 2.13. The molecule has 394 valence electrons. The summed E-state index contributed by atoms with van der Waals surface area (Å²) in [6.07, 6.45) is 48.7. The number of aliphatic hydroxyl groups excluding tert-OH is 4. The molecule has 0 aliphatic heterocycles. The first-order valence-corrected chi connectivity index (χ1v) is 28.4. The van der Waals surface area contributed by atoms with Crippen molar-refractivity contribution in [2.45, 2.75) is 206 Å². The highest BCUT2D eigenvalue weighted by Gasteiger charge is 2.10. The molecule has 10 heteroatoms. The van der Waals surface area contributed by atoms with Crippen LogP contribution < -0.4 is 0 Å². The molecule has 0 aromatic heterocycles. The van der Waals surface area contributed by atoms with Gasteiger partial charge in [-0.15, -0.1) is 0 Å². The van der Waals surface area contributed by atoms with Gasteiger partial charge in [0.1, 0.15) is 0 Å². The molecule has 0 heterocycles. The average Bonchev–Trinajstić information content (AvgIpc) is 3.31. The zero-order chi connectivity index (χ0) is 47.9. The highest BCUT2D eigenvalue weighted by atomic mass is 16.5. The average molecular weight is 940 g/mol. The summed E-state index contributed by atoms with van der Waals surface area (Å²) in [7, 11) is 0. The van der Waals surface area contributed by atoms with Crippen LogP contribution in [0, 0.1) is 0 Å². The van der Waals surface area contributed by atoms with Crippen molar-refractivity contribution < 1.29 is 29.9 Å². The van der Waals surface area contributed by atoms with Gasteiger partial charge in [-0.3, -0.25) is 9.80 Å². The Morgan fingerprint density at radius 1 is 0.258 bits per heavy atom. The summed E-state index contributed by atoms with van der Waals surface area (Å²) in [6, 6.07) is 0. The predicted octanol–water partition coefficient (Wildman–Crippen LogP) is 11.1. The molecule has 0 saturated carbocycles. The Hall–Kier alpha value is -0.920. The summed E-state index contributed by atoms with van der Waals surface area (Å²) in [5, 5.41) is 37.8. The lowest BCUT2D eigenvalue weighted by Crippen LogP contribution is -2.35. The van der Waals surface area contributed by atoms with Crippen LogP contribution in [0.4, 0.5) is 0 Å². The Bertz CT molecular complexity index is 875. The number of hydrogen-bond acceptors (Lipinski definition) is 10. The normalized spacial score (nSPS) is 12.3. The van der Waals surface area contributed by atoms with Crippen LogP contribution in [0.25, 0.3) is 0 Å². The molecule has 0 aromatic carbocycles. The molecule has 0 spiro atoms. The van der Waals surface area contributed by atoms with Crippen molar-refractivity contribution in [3.05, 3.63) is 24.3 Å². The van der Waals surface area contributed by atoms with E-state index in [1.807, 2.05) is 0 Å². The molecule has 0 atom stereocenters. The van der Waals surface area contributed by atoms with Crippen molar-refractivity contribution >= 4 is 0 Å². The predicted molar refractivity (Wildman–Crippen MR) is 284 cm³/mol. The third kappa shape index (κ3) is 49.5. The van der Waals surface area contributed by atoms with E-state index in [1.54, 1.807) is 0 Å². The van der Waals surface area contributed by atoms with Gasteiger partial charge in [-0.2, -0.15) is 0 Å². The third-order valence-corrected chi connectivity index (χ3v) is 13.0. The van der Waals surface area contributed by atoms with Crippen LogP contribution in [0.3, 0.4) is 0 Å². The molecule has 66 heavy (non-hydrogen) atoms. The van der Waals surface area contributed by atoms with E-state index in [0.29, 0.717) is 52.6 Å². The van der Waals surface area contributed by atoms with E-state index in [4.69, 9.17) is 9.47 Å². The van der Waals surface area contributed by atoms with Crippen LogP contribution in [0.2, 0.25) is 0 Å². The number of allylic oxidation sites excluding steroid dienone is 4. The topological polar surface area (TPSA) is 112 Å². The molecule has 0 amide bonds. The Morgan fingerprint density at radius 3 is 0.788 bits per heavy atom. The summed E-state index contributed by atoms with van der Waals surface area (Å²) < 4.78 is 12.2. The van der Waals surface area contributed by atoms with Crippen LogP contribution in [0.1, 0.15) is 206 Å².